The van der Waals surface area contributed by atoms with Crippen molar-refractivity contribution in [3.05, 3.63) is 29.8 Å². The fraction of sp³-hybridized carbons (Fsp3) is 0.600. The molecule has 148 valence electrons. The monoisotopic (exact) mass is 393 g/mol. The smallest absolute Gasteiger partial charge is 0.326 e. The summed E-state index contributed by atoms with van der Waals surface area (Å²) in [4.78, 5) is 26.5. The van der Waals surface area contributed by atoms with E-state index in [9.17, 15) is 23.1 Å². The molecule has 2 fully saturated rings. The van der Waals surface area contributed by atoms with Crippen molar-refractivity contribution in [3.8, 4) is 0 Å². The van der Waals surface area contributed by atoms with Gasteiger partial charge < -0.3 is 10.0 Å². The molecule has 1 aliphatic carbocycles. The summed E-state index contributed by atoms with van der Waals surface area (Å²) in [6.45, 7) is 1.94. The Labute approximate surface area is 160 Å². The molecule has 1 aliphatic heterocycles. The van der Waals surface area contributed by atoms with E-state index in [4.69, 9.17) is 0 Å². The molecule has 3 unspecified atom stereocenters. The van der Waals surface area contributed by atoms with Crippen molar-refractivity contribution in [3.63, 3.8) is 0 Å². The van der Waals surface area contributed by atoms with Crippen LogP contribution in [-0.2, 0) is 14.6 Å². The minimum absolute atomic E-state index is 0.0275. The first-order valence-electron chi connectivity index (χ1n) is 9.73. The van der Waals surface area contributed by atoms with Gasteiger partial charge >= 0.3 is 5.97 Å². The van der Waals surface area contributed by atoms with Gasteiger partial charge in [0.15, 0.2) is 9.84 Å². The molecule has 6 nitrogen and oxygen atoms in total. The number of fused-ring (bicyclic) bond motifs is 1. The minimum atomic E-state index is -3.35. The number of amides is 1. The number of carbonyl (C=O) groups excluding carboxylic acids is 1. The van der Waals surface area contributed by atoms with Gasteiger partial charge in [0.1, 0.15) is 6.04 Å². The van der Waals surface area contributed by atoms with Gasteiger partial charge in [-0.15, -0.1) is 0 Å². The lowest BCUT2D eigenvalue weighted by atomic mass is 9.84. The highest BCUT2D eigenvalue weighted by Gasteiger charge is 2.47. The Hall–Kier alpha value is -1.89. The first kappa shape index (κ1) is 19.9. The van der Waals surface area contributed by atoms with Crippen LogP contribution in [0.4, 0.5) is 0 Å². The van der Waals surface area contributed by atoms with Crippen molar-refractivity contribution < 1.29 is 23.1 Å². The molecule has 1 saturated heterocycles. The molecule has 1 aromatic rings. The van der Waals surface area contributed by atoms with Gasteiger partial charge in [-0.2, -0.15) is 0 Å². The van der Waals surface area contributed by atoms with Gasteiger partial charge in [0, 0.05) is 11.6 Å². The molecular weight excluding hydrogens is 366 g/mol. The molecule has 3 rings (SSSR count). The van der Waals surface area contributed by atoms with Crippen LogP contribution in [0.5, 0.6) is 0 Å². The highest BCUT2D eigenvalue weighted by Crippen LogP contribution is 2.40. The Bertz CT molecular complexity index is 802. The molecule has 0 aromatic heterocycles. The number of aliphatic carboxylic acids is 1. The fourth-order valence-corrected chi connectivity index (χ4v) is 5.83. The Kier molecular flexibility index (Phi) is 5.89. The third-order valence-corrected chi connectivity index (χ3v) is 7.65. The first-order chi connectivity index (χ1) is 12.8. The second-order valence-electron chi connectivity index (χ2n) is 7.61. The van der Waals surface area contributed by atoms with E-state index >= 15 is 0 Å². The predicted octanol–water partition coefficient (Wildman–Crippen LogP) is 3.12. The van der Waals surface area contributed by atoms with Gasteiger partial charge in [-0.1, -0.05) is 26.2 Å². The molecule has 0 bridgehead atoms. The standard InChI is InChI=1S/C20H27NO5S/c1-2-3-12-27(25,26)16-10-8-14(9-11-16)19(22)21-17-7-5-4-6-15(17)13-18(21)20(23)24/h8-11,15,17-18H,2-7,12-13H2,1H3,(H,23,24). The van der Waals surface area contributed by atoms with Crippen molar-refractivity contribution in [2.75, 3.05) is 5.75 Å². The third-order valence-electron chi connectivity index (χ3n) is 5.83. The number of hydrogen-bond donors (Lipinski definition) is 1. The molecule has 27 heavy (non-hydrogen) atoms. The van der Waals surface area contributed by atoms with E-state index in [-0.39, 0.29) is 28.5 Å². The molecule has 0 spiro atoms. The number of carbonyl (C=O) groups is 2. The second-order valence-corrected chi connectivity index (χ2v) is 9.72. The van der Waals surface area contributed by atoms with Crippen LogP contribution in [0.25, 0.3) is 0 Å². The molecule has 0 radical (unpaired) electrons. The van der Waals surface area contributed by atoms with E-state index < -0.39 is 21.8 Å². The molecule has 7 heteroatoms. The molecule has 1 saturated carbocycles. The summed E-state index contributed by atoms with van der Waals surface area (Å²) in [5.74, 6) is -0.934. The van der Waals surface area contributed by atoms with Gasteiger partial charge in [-0.25, -0.2) is 13.2 Å². The number of sulfone groups is 1. The van der Waals surface area contributed by atoms with Gasteiger partial charge in [-0.05, 0) is 55.9 Å². The number of likely N-dealkylation sites (tertiary alicyclic amines) is 1. The van der Waals surface area contributed by atoms with E-state index in [1.165, 1.54) is 29.2 Å². The van der Waals surface area contributed by atoms with Crippen molar-refractivity contribution in [2.45, 2.75) is 68.8 Å². The first-order valence-corrected chi connectivity index (χ1v) is 11.4. The van der Waals surface area contributed by atoms with Gasteiger partial charge in [0.05, 0.1) is 10.6 Å². The summed E-state index contributed by atoms with van der Waals surface area (Å²) in [6.07, 6.45) is 5.79. The van der Waals surface area contributed by atoms with Crippen LogP contribution in [0.3, 0.4) is 0 Å². The SMILES string of the molecule is CCCCS(=O)(=O)c1ccc(C(=O)N2C(C(=O)O)CC3CCCCC32)cc1. The van der Waals surface area contributed by atoms with E-state index in [1.54, 1.807) is 0 Å². The third kappa shape index (κ3) is 4.03. The van der Waals surface area contributed by atoms with E-state index in [0.29, 0.717) is 18.4 Å². The summed E-state index contributed by atoms with van der Waals surface area (Å²) in [7, 11) is -3.35. The molecular formula is C20H27NO5S. The minimum Gasteiger partial charge on any atom is -0.480 e. The number of unbranched alkanes of at least 4 members (excludes halogenated alkanes) is 1. The maximum absolute atomic E-state index is 13.1. The zero-order valence-corrected chi connectivity index (χ0v) is 16.5. The molecule has 1 amide bonds. The predicted molar refractivity (Wildman–Crippen MR) is 101 cm³/mol. The summed E-state index contributed by atoms with van der Waals surface area (Å²) < 4.78 is 24.6. The number of rotatable bonds is 6. The van der Waals surface area contributed by atoms with Gasteiger partial charge in [0.2, 0.25) is 0 Å². The highest BCUT2D eigenvalue weighted by atomic mass is 32.2. The Balaban J connectivity index is 1.83. The maximum Gasteiger partial charge on any atom is 0.326 e. The summed E-state index contributed by atoms with van der Waals surface area (Å²) in [6, 6.07) is 5.12. The zero-order chi connectivity index (χ0) is 19.6. The Morgan fingerprint density at radius 3 is 2.44 bits per heavy atom. The second kappa shape index (κ2) is 8.00. The average Bonchev–Trinajstić information content (AvgIpc) is 3.06. The lowest BCUT2D eigenvalue weighted by Gasteiger charge is -2.33. The fourth-order valence-electron chi connectivity index (χ4n) is 4.38. The topological polar surface area (TPSA) is 91.8 Å². The van der Waals surface area contributed by atoms with Crippen LogP contribution < -0.4 is 0 Å². The number of hydrogen-bond acceptors (Lipinski definition) is 4. The molecule has 1 N–H and O–H groups in total. The zero-order valence-electron chi connectivity index (χ0n) is 15.6. The highest BCUT2D eigenvalue weighted by molar-refractivity contribution is 7.91. The van der Waals surface area contributed by atoms with Crippen LogP contribution in [-0.4, -0.2) is 48.1 Å². The maximum atomic E-state index is 13.1. The van der Waals surface area contributed by atoms with Crippen molar-refractivity contribution >= 4 is 21.7 Å². The summed E-state index contributed by atoms with van der Waals surface area (Å²) in [5, 5.41) is 9.59. The van der Waals surface area contributed by atoms with Crippen molar-refractivity contribution in [1.82, 2.24) is 4.90 Å². The van der Waals surface area contributed by atoms with Crippen molar-refractivity contribution in [1.29, 1.82) is 0 Å². The van der Waals surface area contributed by atoms with Crippen LogP contribution in [0, 0.1) is 5.92 Å². The van der Waals surface area contributed by atoms with Crippen LogP contribution in [0.1, 0.15) is 62.2 Å². The molecule has 2 aliphatic rings. The van der Waals surface area contributed by atoms with E-state index in [0.717, 1.165) is 32.1 Å². The van der Waals surface area contributed by atoms with Crippen LogP contribution in [0.2, 0.25) is 0 Å². The lowest BCUT2D eigenvalue weighted by molar-refractivity contribution is -0.141. The number of nitrogens with zero attached hydrogens (tertiary/aromatic N) is 1. The molecule has 1 heterocycles. The summed E-state index contributed by atoms with van der Waals surface area (Å²) >= 11 is 0. The number of carboxylic acids is 1. The van der Waals surface area contributed by atoms with E-state index in [1.807, 2.05) is 6.92 Å². The number of carboxylic acid groups (broad SMARTS) is 1. The van der Waals surface area contributed by atoms with E-state index in [2.05, 4.69) is 0 Å². The molecule has 1 aromatic carbocycles. The number of benzene rings is 1. The van der Waals surface area contributed by atoms with Crippen molar-refractivity contribution in [2.24, 2.45) is 5.92 Å². The lowest BCUT2D eigenvalue weighted by Crippen LogP contribution is -2.46. The van der Waals surface area contributed by atoms with Crippen LogP contribution in [0.15, 0.2) is 29.2 Å². The average molecular weight is 394 g/mol. The van der Waals surface area contributed by atoms with Crippen LogP contribution >= 0.6 is 0 Å². The van der Waals surface area contributed by atoms with Gasteiger partial charge in [0.25, 0.3) is 5.91 Å². The summed E-state index contributed by atoms with van der Waals surface area (Å²) in [5.41, 5.74) is 0.349. The largest absolute Gasteiger partial charge is 0.480 e. The Morgan fingerprint density at radius 2 is 1.81 bits per heavy atom. The van der Waals surface area contributed by atoms with Gasteiger partial charge in [-0.3, -0.25) is 4.79 Å². The Morgan fingerprint density at radius 1 is 1.15 bits per heavy atom. The quantitative estimate of drug-likeness (QED) is 0.802. The normalized spacial score (nSPS) is 25.2. The molecule has 3 atom stereocenters.